The molecule has 2 N–H and O–H groups in total. The number of aliphatic carboxylic acids is 1. The summed E-state index contributed by atoms with van der Waals surface area (Å²) in [4.78, 5) is 33.7. The normalized spacial score (nSPS) is 11.5. The summed E-state index contributed by atoms with van der Waals surface area (Å²) in [5, 5.41) is 12.4. The molecule has 1 atom stereocenters. The third-order valence-corrected chi connectivity index (χ3v) is 7.27. The number of hydrogen-bond donors (Lipinski definition) is 2. The van der Waals surface area contributed by atoms with Gasteiger partial charge in [0.05, 0.1) is 13.7 Å². The van der Waals surface area contributed by atoms with Gasteiger partial charge in [-0.15, -0.1) is 0 Å². The number of aryl methyl sites for hydroxylation is 1. The summed E-state index contributed by atoms with van der Waals surface area (Å²) in [6, 6.07) is 19.2. The average molecular weight is 582 g/mol. The topological polar surface area (TPSA) is 111 Å². The Labute approximate surface area is 253 Å². The molecule has 3 aromatic carbocycles. The molecule has 1 amide bonds. The van der Waals surface area contributed by atoms with Crippen LogP contribution in [-0.4, -0.2) is 46.7 Å². The van der Waals surface area contributed by atoms with Crippen LogP contribution < -0.4 is 14.8 Å². The number of carbonyl (C=O) groups is 2. The molecule has 0 unspecified atom stereocenters. The Morgan fingerprint density at radius 2 is 1.53 bits per heavy atom. The number of nitrogens with zero attached hydrogens (tertiary/aromatic N) is 2. The van der Waals surface area contributed by atoms with Crippen molar-refractivity contribution < 1.29 is 24.2 Å². The summed E-state index contributed by atoms with van der Waals surface area (Å²) in [5.74, 6) is 0.522. The largest absolute Gasteiger partial charge is 0.496 e. The van der Waals surface area contributed by atoms with Crippen LogP contribution in [-0.2, 0) is 11.2 Å². The highest BCUT2D eigenvalue weighted by Gasteiger charge is 2.22. The zero-order chi connectivity index (χ0) is 30.6. The molecular formula is C35H39N3O5. The highest BCUT2D eigenvalue weighted by Crippen LogP contribution is 2.24. The number of benzene rings is 3. The van der Waals surface area contributed by atoms with Crippen LogP contribution in [0.2, 0.25) is 0 Å². The van der Waals surface area contributed by atoms with Gasteiger partial charge in [0.2, 0.25) is 0 Å². The molecule has 0 aliphatic carbocycles. The van der Waals surface area contributed by atoms with Gasteiger partial charge in [0.1, 0.15) is 17.5 Å². The minimum absolute atomic E-state index is 0.134. The molecule has 0 spiro atoms. The highest BCUT2D eigenvalue weighted by molar-refractivity contribution is 5.97. The van der Waals surface area contributed by atoms with Gasteiger partial charge in [-0.1, -0.05) is 69.0 Å². The maximum Gasteiger partial charge on any atom is 0.326 e. The number of aromatic nitrogens is 2. The van der Waals surface area contributed by atoms with Crippen molar-refractivity contribution in [3.05, 3.63) is 95.8 Å². The lowest BCUT2D eigenvalue weighted by Gasteiger charge is -2.15. The maximum atomic E-state index is 12.7. The van der Waals surface area contributed by atoms with Gasteiger partial charge in [-0.05, 0) is 60.4 Å². The van der Waals surface area contributed by atoms with Gasteiger partial charge >= 0.3 is 5.97 Å². The quantitative estimate of drug-likeness (QED) is 0.147. The van der Waals surface area contributed by atoms with Crippen LogP contribution in [0.15, 0.2) is 79.1 Å². The first kappa shape index (κ1) is 31.2. The Morgan fingerprint density at radius 3 is 2.16 bits per heavy atom. The number of carbonyl (C=O) groups excluding carboxylic acids is 1. The number of nitrogens with one attached hydrogen (secondary N) is 1. The van der Waals surface area contributed by atoms with Crippen LogP contribution in [0.5, 0.6) is 11.5 Å². The summed E-state index contributed by atoms with van der Waals surface area (Å²) in [5.41, 5.74) is 4.64. The number of methoxy groups -OCH3 is 1. The second kappa shape index (κ2) is 15.5. The monoisotopic (exact) mass is 581 g/mol. The second-order valence-corrected chi connectivity index (χ2v) is 10.5. The fourth-order valence-corrected chi connectivity index (χ4v) is 4.75. The van der Waals surface area contributed by atoms with E-state index in [1.165, 1.54) is 25.7 Å². The van der Waals surface area contributed by atoms with Crippen molar-refractivity contribution in [1.82, 2.24) is 15.3 Å². The van der Waals surface area contributed by atoms with Gasteiger partial charge < -0.3 is 19.9 Å². The molecule has 8 nitrogen and oxygen atoms in total. The lowest BCUT2D eigenvalue weighted by Crippen LogP contribution is -2.42. The molecule has 0 aliphatic rings. The molecule has 8 heteroatoms. The summed E-state index contributed by atoms with van der Waals surface area (Å²) < 4.78 is 11.1. The fourth-order valence-electron chi connectivity index (χ4n) is 4.75. The number of hydrogen-bond acceptors (Lipinski definition) is 6. The Kier molecular flexibility index (Phi) is 11.2. The third-order valence-electron chi connectivity index (χ3n) is 7.27. The van der Waals surface area contributed by atoms with Gasteiger partial charge in [0, 0.05) is 35.5 Å². The summed E-state index contributed by atoms with van der Waals surface area (Å²) in [6.45, 7) is 4.77. The minimum Gasteiger partial charge on any atom is -0.496 e. The average Bonchev–Trinajstić information content (AvgIpc) is 3.03. The Bertz CT molecular complexity index is 1490. The fraction of sp³-hybridized carbons (Fsp3) is 0.314. The molecule has 0 saturated heterocycles. The van der Waals surface area contributed by atoms with E-state index in [-0.39, 0.29) is 6.42 Å². The van der Waals surface area contributed by atoms with Crippen molar-refractivity contribution in [2.45, 2.75) is 58.4 Å². The molecule has 4 rings (SSSR count). The van der Waals surface area contributed by atoms with Crippen molar-refractivity contribution in [1.29, 1.82) is 0 Å². The SMILES string of the molecule is CCCCCCCOc1ccc(-c2cnc(-c3ccc(C[C@H](NC(=O)c4ccc(OC)c(C)c4)C(=O)O)cc3)nc2)cc1. The first-order chi connectivity index (χ1) is 20.9. The molecule has 4 aromatic rings. The molecule has 1 heterocycles. The van der Waals surface area contributed by atoms with Gasteiger partial charge in [0.25, 0.3) is 5.91 Å². The van der Waals surface area contributed by atoms with E-state index in [0.29, 0.717) is 17.1 Å². The molecular weight excluding hydrogens is 542 g/mol. The maximum absolute atomic E-state index is 12.7. The summed E-state index contributed by atoms with van der Waals surface area (Å²) in [6.07, 6.45) is 9.76. The number of carboxylic acid groups (broad SMARTS) is 1. The second-order valence-electron chi connectivity index (χ2n) is 10.5. The Hall–Kier alpha value is -4.72. The highest BCUT2D eigenvalue weighted by atomic mass is 16.5. The molecule has 0 radical (unpaired) electrons. The minimum atomic E-state index is -1.11. The first-order valence-corrected chi connectivity index (χ1v) is 14.7. The van der Waals surface area contributed by atoms with Crippen molar-refractivity contribution in [3.63, 3.8) is 0 Å². The summed E-state index contributed by atoms with van der Waals surface area (Å²) >= 11 is 0. The number of rotatable bonds is 15. The van der Waals surface area contributed by atoms with E-state index < -0.39 is 17.9 Å². The molecule has 0 saturated carbocycles. The first-order valence-electron chi connectivity index (χ1n) is 14.7. The van der Waals surface area contributed by atoms with Crippen LogP contribution in [0.4, 0.5) is 0 Å². The van der Waals surface area contributed by atoms with Crippen LogP contribution in [0.1, 0.15) is 60.5 Å². The van der Waals surface area contributed by atoms with E-state index in [9.17, 15) is 14.7 Å². The van der Waals surface area contributed by atoms with Crippen molar-refractivity contribution in [2.75, 3.05) is 13.7 Å². The van der Waals surface area contributed by atoms with Crippen LogP contribution >= 0.6 is 0 Å². The van der Waals surface area contributed by atoms with Crippen molar-refractivity contribution in [3.8, 4) is 34.0 Å². The van der Waals surface area contributed by atoms with E-state index in [4.69, 9.17) is 9.47 Å². The van der Waals surface area contributed by atoms with E-state index in [0.717, 1.165) is 46.6 Å². The van der Waals surface area contributed by atoms with Gasteiger partial charge in [-0.2, -0.15) is 0 Å². The standard InChI is InChI=1S/C35H39N3O5/c1-4-5-6-7-8-19-43-30-16-13-26(14-17-30)29-22-36-33(37-23-29)27-11-9-25(10-12-27)21-31(35(40)41)38-34(39)28-15-18-32(42-3)24(2)20-28/h9-18,20,22-23,31H,4-8,19,21H2,1-3H3,(H,38,39)(H,40,41)/t31-/m0/s1. The predicted octanol–water partition coefficient (Wildman–Crippen LogP) is 6.90. The van der Waals surface area contributed by atoms with Crippen molar-refractivity contribution >= 4 is 11.9 Å². The van der Waals surface area contributed by atoms with Gasteiger partial charge in [0.15, 0.2) is 5.82 Å². The number of ether oxygens (including phenoxy) is 2. The van der Waals surface area contributed by atoms with E-state index in [1.807, 2.05) is 55.5 Å². The van der Waals surface area contributed by atoms with Gasteiger partial charge in [-0.3, -0.25) is 4.79 Å². The van der Waals surface area contributed by atoms with Crippen LogP contribution in [0, 0.1) is 6.92 Å². The molecule has 1 aromatic heterocycles. The Morgan fingerprint density at radius 1 is 0.860 bits per heavy atom. The van der Waals surface area contributed by atoms with Gasteiger partial charge in [-0.25, -0.2) is 14.8 Å². The third kappa shape index (κ3) is 8.88. The zero-order valence-corrected chi connectivity index (χ0v) is 25.0. The van der Waals surface area contributed by atoms with Crippen LogP contribution in [0.25, 0.3) is 22.5 Å². The predicted molar refractivity (Wildman–Crippen MR) is 167 cm³/mol. The number of carboxylic acids is 1. The van der Waals surface area contributed by atoms with E-state index >= 15 is 0 Å². The molecule has 0 aliphatic heterocycles. The van der Waals surface area contributed by atoms with E-state index in [1.54, 1.807) is 37.7 Å². The van der Waals surface area contributed by atoms with Crippen molar-refractivity contribution in [2.24, 2.45) is 0 Å². The van der Waals surface area contributed by atoms with Crippen LogP contribution in [0.3, 0.4) is 0 Å². The van der Waals surface area contributed by atoms with E-state index in [2.05, 4.69) is 22.2 Å². The Balaban J connectivity index is 1.33. The smallest absolute Gasteiger partial charge is 0.326 e. The number of unbranched alkanes of at least 4 members (excludes halogenated alkanes) is 4. The molecule has 0 fully saturated rings. The molecule has 0 bridgehead atoms. The molecule has 224 valence electrons. The lowest BCUT2D eigenvalue weighted by molar-refractivity contribution is -0.139. The molecule has 43 heavy (non-hydrogen) atoms. The number of amides is 1. The zero-order valence-electron chi connectivity index (χ0n) is 25.0. The lowest BCUT2D eigenvalue weighted by atomic mass is 10.0. The summed E-state index contributed by atoms with van der Waals surface area (Å²) in [7, 11) is 1.56.